The first kappa shape index (κ1) is 79.1. The predicted molar refractivity (Wildman–Crippen MR) is 322 cm³/mol. The fourth-order valence-electron chi connectivity index (χ4n) is 9.23. The number of phosphoric ester groups is 2. The third-order valence-corrected chi connectivity index (χ3v) is 16.2. The van der Waals surface area contributed by atoms with Crippen LogP contribution in [0.1, 0.15) is 311 Å². The molecule has 0 aliphatic carbocycles. The number of hydrogen-bond acceptors (Lipinski definition) is 15. The fourth-order valence-corrected chi connectivity index (χ4v) is 10.8. The van der Waals surface area contributed by atoms with Gasteiger partial charge in [0.2, 0.25) is 0 Å². The van der Waals surface area contributed by atoms with Crippen LogP contribution >= 0.6 is 15.6 Å². The predicted octanol–water partition coefficient (Wildman–Crippen LogP) is 17.0. The van der Waals surface area contributed by atoms with Crippen molar-refractivity contribution < 1.29 is 80.2 Å². The van der Waals surface area contributed by atoms with Gasteiger partial charge < -0.3 is 33.8 Å². The summed E-state index contributed by atoms with van der Waals surface area (Å²) in [7, 11) is -9.87. The van der Waals surface area contributed by atoms with Gasteiger partial charge in [0.25, 0.3) is 0 Å². The molecule has 0 aromatic heterocycles. The zero-order chi connectivity index (χ0) is 59.9. The van der Waals surface area contributed by atoms with E-state index in [4.69, 9.17) is 37.0 Å². The molecule has 19 heteroatoms. The van der Waals surface area contributed by atoms with Crippen LogP contribution in [0.25, 0.3) is 0 Å². The molecule has 17 nitrogen and oxygen atoms in total. The van der Waals surface area contributed by atoms with E-state index in [1.807, 2.05) is 0 Å². The number of unbranched alkanes of at least 4 members (excludes halogenated alkanes) is 34. The Morgan fingerprint density at radius 2 is 0.568 bits per heavy atom. The molecular weight excluding hydrogens is 1080 g/mol. The van der Waals surface area contributed by atoms with Crippen LogP contribution in [0.15, 0.2) is 0 Å². The van der Waals surface area contributed by atoms with E-state index < -0.39 is 97.5 Å². The zero-order valence-electron chi connectivity index (χ0n) is 51.9. The van der Waals surface area contributed by atoms with Crippen molar-refractivity contribution in [2.75, 3.05) is 39.6 Å². The first-order chi connectivity index (χ1) is 39.0. The number of hydrogen-bond donors (Lipinski definition) is 3. The summed E-state index contributed by atoms with van der Waals surface area (Å²) in [6.07, 6.45) is 39.4. The second-order valence-electron chi connectivity index (χ2n) is 22.9. The first-order valence-corrected chi connectivity index (χ1v) is 35.6. The summed E-state index contributed by atoms with van der Waals surface area (Å²) in [6, 6.07) is 0. The Bertz CT molecular complexity index is 1580. The molecule has 5 atom stereocenters. The number of esters is 4. The molecule has 0 bridgehead atoms. The molecular formula is C62H120O17P2. The van der Waals surface area contributed by atoms with Gasteiger partial charge in [0.1, 0.15) is 19.3 Å². The van der Waals surface area contributed by atoms with Gasteiger partial charge in [-0.3, -0.25) is 37.3 Å². The smallest absolute Gasteiger partial charge is 0.462 e. The molecule has 0 aliphatic rings. The average Bonchev–Trinajstić information content (AvgIpc) is 3.43. The maximum absolute atomic E-state index is 13.0. The number of aliphatic hydroxyl groups is 1. The van der Waals surface area contributed by atoms with Gasteiger partial charge in [-0.15, -0.1) is 0 Å². The standard InChI is InChI=1S/C62H120O17P2/c1-6-9-12-15-17-19-28-32-36-41-46-60(65)73-52-58(79-62(67)48-43-38-33-29-26-24-22-20-21-23-25-27-30-35-39-44-55(4)5)54-77-81(70,71)75-50-56(63)49-74-80(68,69)76-53-57(51-72-59(64)45-40-34-14-11-8-3)78-61(66)47-42-37-31-18-16-13-10-7-2/h55-58,63H,6-54H2,1-5H3,(H,68,69)(H,70,71)/t56-,57+,58+/m0/s1. The highest BCUT2D eigenvalue weighted by Gasteiger charge is 2.30. The quantitative estimate of drug-likeness (QED) is 0.0222. The van der Waals surface area contributed by atoms with Gasteiger partial charge in [0, 0.05) is 25.7 Å². The third kappa shape index (κ3) is 56.9. The van der Waals surface area contributed by atoms with Gasteiger partial charge in [0.15, 0.2) is 12.2 Å². The van der Waals surface area contributed by atoms with Crippen LogP contribution in [-0.4, -0.2) is 96.7 Å². The van der Waals surface area contributed by atoms with Crippen molar-refractivity contribution in [1.82, 2.24) is 0 Å². The van der Waals surface area contributed by atoms with Crippen molar-refractivity contribution in [2.24, 2.45) is 5.92 Å². The maximum Gasteiger partial charge on any atom is 0.472 e. The van der Waals surface area contributed by atoms with Crippen molar-refractivity contribution in [3.63, 3.8) is 0 Å². The topological polar surface area (TPSA) is 237 Å². The Morgan fingerprint density at radius 3 is 0.840 bits per heavy atom. The fraction of sp³-hybridized carbons (Fsp3) is 0.935. The van der Waals surface area contributed by atoms with Crippen molar-refractivity contribution >= 4 is 39.5 Å². The molecule has 480 valence electrons. The molecule has 0 aromatic carbocycles. The molecule has 0 saturated heterocycles. The van der Waals surface area contributed by atoms with E-state index in [2.05, 4.69) is 34.6 Å². The summed E-state index contributed by atoms with van der Waals surface area (Å²) in [5.74, 6) is -1.35. The number of aliphatic hydroxyl groups excluding tert-OH is 1. The van der Waals surface area contributed by atoms with E-state index in [1.165, 1.54) is 122 Å². The number of rotatable bonds is 62. The number of phosphoric acid groups is 2. The average molecular weight is 1200 g/mol. The van der Waals surface area contributed by atoms with Crippen LogP contribution in [0.5, 0.6) is 0 Å². The summed E-state index contributed by atoms with van der Waals surface area (Å²) in [4.78, 5) is 71.7. The molecule has 0 aromatic rings. The van der Waals surface area contributed by atoms with Crippen molar-refractivity contribution in [2.45, 2.75) is 329 Å². The lowest BCUT2D eigenvalue weighted by Gasteiger charge is -2.21. The monoisotopic (exact) mass is 1200 g/mol. The molecule has 0 rings (SSSR count). The van der Waals surface area contributed by atoms with Crippen LogP contribution in [0.4, 0.5) is 0 Å². The van der Waals surface area contributed by atoms with Crippen molar-refractivity contribution in [1.29, 1.82) is 0 Å². The van der Waals surface area contributed by atoms with E-state index in [0.717, 1.165) is 109 Å². The summed E-state index contributed by atoms with van der Waals surface area (Å²) in [5, 5.41) is 10.5. The second-order valence-corrected chi connectivity index (χ2v) is 25.8. The van der Waals surface area contributed by atoms with Gasteiger partial charge in [0.05, 0.1) is 26.4 Å². The van der Waals surface area contributed by atoms with Gasteiger partial charge >= 0.3 is 39.5 Å². The minimum Gasteiger partial charge on any atom is -0.462 e. The minimum absolute atomic E-state index is 0.104. The van der Waals surface area contributed by atoms with Crippen LogP contribution < -0.4 is 0 Å². The van der Waals surface area contributed by atoms with E-state index >= 15 is 0 Å². The van der Waals surface area contributed by atoms with Crippen LogP contribution in [-0.2, 0) is 65.4 Å². The van der Waals surface area contributed by atoms with E-state index in [1.54, 1.807) is 0 Å². The Hall–Kier alpha value is -1.94. The Morgan fingerprint density at radius 1 is 0.333 bits per heavy atom. The lowest BCUT2D eigenvalue weighted by atomic mass is 10.0. The number of carbonyl (C=O) groups excluding carboxylic acids is 4. The molecule has 0 aliphatic heterocycles. The van der Waals surface area contributed by atoms with Gasteiger partial charge in [-0.25, -0.2) is 9.13 Å². The molecule has 81 heavy (non-hydrogen) atoms. The number of carbonyl (C=O) groups is 4. The molecule has 0 spiro atoms. The van der Waals surface area contributed by atoms with Crippen LogP contribution in [0.3, 0.4) is 0 Å². The molecule has 0 saturated carbocycles. The molecule has 0 heterocycles. The lowest BCUT2D eigenvalue weighted by Crippen LogP contribution is -2.30. The van der Waals surface area contributed by atoms with E-state index in [-0.39, 0.29) is 25.7 Å². The Kier molecular flexibility index (Phi) is 54.6. The molecule has 3 N–H and O–H groups in total. The minimum atomic E-state index is -4.94. The normalized spacial score (nSPS) is 14.3. The summed E-state index contributed by atoms with van der Waals surface area (Å²) < 4.78 is 67.6. The highest BCUT2D eigenvalue weighted by molar-refractivity contribution is 7.47. The summed E-state index contributed by atoms with van der Waals surface area (Å²) in [5.41, 5.74) is 0. The van der Waals surface area contributed by atoms with E-state index in [9.17, 15) is 43.2 Å². The maximum atomic E-state index is 13.0. The highest BCUT2D eigenvalue weighted by atomic mass is 31.2. The molecule has 0 radical (unpaired) electrons. The van der Waals surface area contributed by atoms with Gasteiger partial charge in [-0.2, -0.15) is 0 Å². The Labute approximate surface area is 492 Å². The number of ether oxygens (including phenoxy) is 4. The third-order valence-electron chi connectivity index (χ3n) is 14.3. The molecule has 0 amide bonds. The van der Waals surface area contributed by atoms with Crippen LogP contribution in [0, 0.1) is 5.92 Å². The Balaban J connectivity index is 5.11. The van der Waals surface area contributed by atoms with Gasteiger partial charge in [-0.05, 0) is 31.6 Å². The second kappa shape index (κ2) is 55.9. The molecule has 0 fully saturated rings. The van der Waals surface area contributed by atoms with Gasteiger partial charge in [-0.1, -0.05) is 259 Å². The van der Waals surface area contributed by atoms with Crippen molar-refractivity contribution in [3.05, 3.63) is 0 Å². The SMILES string of the molecule is CCCCCCCCCCCCC(=O)OC[C@H](COP(=O)(O)OC[C@@H](O)COP(=O)(O)OC[C@@H](COC(=O)CCCCCCC)OC(=O)CCCCCCCCCC)OC(=O)CCCCCCCCCCCCCCCCCC(C)C. The summed E-state index contributed by atoms with van der Waals surface area (Å²) in [6.45, 7) is 7.08. The van der Waals surface area contributed by atoms with Crippen molar-refractivity contribution in [3.8, 4) is 0 Å². The van der Waals surface area contributed by atoms with E-state index in [0.29, 0.717) is 25.7 Å². The largest absolute Gasteiger partial charge is 0.472 e. The first-order valence-electron chi connectivity index (χ1n) is 32.6. The zero-order valence-corrected chi connectivity index (χ0v) is 53.7. The summed E-state index contributed by atoms with van der Waals surface area (Å²) >= 11 is 0. The molecule has 2 unspecified atom stereocenters. The lowest BCUT2D eigenvalue weighted by molar-refractivity contribution is -0.161. The van der Waals surface area contributed by atoms with Crippen LogP contribution in [0.2, 0.25) is 0 Å². The highest BCUT2D eigenvalue weighted by Crippen LogP contribution is 2.45.